The first kappa shape index (κ1) is 63.6. The summed E-state index contributed by atoms with van der Waals surface area (Å²) < 4.78 is 5.50. The number of carbonyl (C=O) groups is 2. The molecule has 2 atom stereocenters. The fraction of sp³-hybridized carbons (Fsp3) is 0.932. The van der Waals surface area contributed by atoms with Crippen LogP contribution < -0.4 is 5.32 Å². The van der Waals surface area contributed by atoms with E-state index in [0.717, 1.165) is 38.5 Å². The molecule has 0 aliphatic heterocycles. The molecule has 386 valence electrons. The second-order valence-electron chi connectivity index (χ2n) is 20.3. The van der Waals surface area contributed by atoms with E-state index in [4.69, 9.17) is 4.74 Å². The van der Waals surface area contributed by atoms with Crippen LogP contribution in [-0.2, 0) is 14.3 Å². The van der Waals surface area contributed by atoms with Crippen molar-refractivity contribution in [3.63, 3.8) is 0 Å². The first-order valence-corrected chi connectivity index (χ1v) is 29.5. The zero-order valence-corrected chi connectivity index (χ0v) is 44.0. The monoisotopic (exact) mass is 918 g/mol. The fourth-order valence-corrected chi connectivity index (χ4v) is 9.28. The van der Waals surface area contributed by atoms with Gasteiger partial charge in [0.15, 0.2) is 0 Å². The maximum absolute atomic E-state index is 12.4. The Hall–Kier alpha value is -1.40. The second kappa shape index (κ2) is 55.2. The van der Waals surface area contributed by atoms with Gasteiger partial charge < -0.3 is 20.3 Å². The lowest BCUT2D eigenvalue weighted by Gasteiger charge is -2.20. The van der Waals surface area contributed by atoms with Gasteiger partial charge in [-0.15, -0.1) is 0 Å². The zero-order valence-electron chi connectivity index (χ0n) is 44.0. The van der Waals surface area contributed by atoms with E-state index in [2.05, 4.69) is 19.2 Å². The topological polar surface area (TPSA) is 95.9 Å². The molecule has 0 spiro atoms. The minimum atomic E-state index is -0.846. The molecule has 65 heavy (non-hydrogen) atoms. The Morgan fingerprint density at radius 3 is 1.05 bits per heavy atom. The van der Waals surface area contributed by atoms with E-state index in [1.165, 1.54) is 263 Å². The molecule has 0 aliphatic rings. The predicted octanol–water partition coefficient (Wildman–Crippen LogP) is 18.1. The normalized spacial score (nSPS) is 12.6. The van der Waals surface area contributed by atoms with Crippen LogP contribution in [0.4, 0.5) is 0 Å². The van der Waals surface area contributed by atoms with Gasteiger partial charge in [0, 0.05) is 12.8 Å². The highest BCUT2D eigenvalue weighted by Crippen LogP contribution is 2.18. The van der Waals surface area contributed by atoms with E-state index in [1.54, 1.807) is 6.08 Å². The molecule has 0 rings (SSSR count). The van der Waals surface area contributed by atoms with Crippen LogP contribution in [0.2, 0.25) is 0 Å². The molecule has 0 saturated heterocycles. The van der Waals surface area contributed by atoms with Crippen LogP contribution in [0.5, 0.6) is 0 Å². The van der Waals surface area contributed by atoms with Crippen molar-refractivity contribution in [3.8, 4) is 0 Å². The number of hydrogen-bond donors (Lipinski definition) is 3. The SMILES string of the molecule is CCCCCCCCCCCC/C=C/C(O)C(CO)NC(=O)CCCCCCCCCCCCCCCCCCCOC(=O)CCCCCCCCCCCCCCCCCCCCC. The Bertz CT molecular complexity index is 970. The van der Waals surface area contributed by atoms with Gasteiger partial charge in [-0.25, -0.2) is 0 Å². The van der Waals surface area contributed by atoms with E-state index in [-0.39, 0.29) is 18.5 Å². The van der Waals surface area contributed by atoms with Gasteiger partial charge in [-0.2, -0.15) is 0 Å². The standard InChI is InChI=1S/C59H115NO5/c1-3-5-7-9-11-13-15-17-18-19-20-23-26-29-33-37-41-45-49-53-59(64)65-54-50-46-42-38-34-30-27-24-21-22-25-28-32-36-40-44-48-52-58(63)60-56(55-61)57(62)51-47-43-39-35-31-16-14-12-10-8-6-4-2/h47,51,56-57,61-62H,3-46,48-50,52-55H2,1-2H3,(H,60,63)/b51-47+. The number of unbranched alkanes of at least 4 members (excludes halogenated alkanes) is 44. The third kappa shape index (κ3) is 51.8. The Kier molecular flexibility index (Phi) is 54.0. The molecule has 0 fully saturated rings. The van der Waals surface area contributed by atoms with Gasteiger partial charge in [0.25, 0.3) is 0 Å². The Balaban J connectivity index is 3.38. The van der Waals surface area contributed by atoms with Crippen LogP contribution >= 0.6 is 0 Å². The van der Waals surface area contributed by atoms with Gasteiger partial charge in [-0.1, -0.05) is 296 Å². The van der Waals surface area contributed by atoms with Gasteiger partial charge in [0.1, 0.15) is 0 Å². The van der Waals surface area contributed by atoms with Crippen LogP contribution in [0.1, 0.15) is 328 Å². The molecule has 6 heteroatoms. The van der Waals surface area contributed by atoms with Crippen molar-refractivity contribution < 1.29 is 24.5 Å². The molecular weight excluding hydrogens is 803 g/mol. The van der Waals surface area contributed by atoms with Crippen LogP contribution in [0.25, 0.3) is 0 Å². The average Bonchev–Trinajstić information content (AvgIpc) is 3.31. The Labute approximate surface area is 406 Å². The number of allylic oxidation sites excluding steroid dienone is 1. The van der Waals surface area contributed by atoms with Crippen LogP contribution in [0.3, 0.4) is 0 Å². The molecule has 0 bridgehead atoms. The lowest BCUT2D eigenvalue weighted by Crippen LogP contribution is -2.45. The number of nitrogens with one attached hydrogen (secondary N) is 1. The smallest absolute Gasteiger partial charge is 0.305 e. The van der Waals surface area contributed by atoms with Crippen molar-refractivity contribution in [2.24, 2.45) is 0 Å². The number of carbonyl (C=O) groups excluding carboxylic acids is 2. The van der Waals surface area contributed by atoms with Crippen molar-refractivity contribution in [3.05, 3.63) is 12.2 Å². The molecule has 2 unspecified atom stereocenters. The van der Waals surface area contributed by atoms with Gasteiger partial charge in [-0.3, -0.25) is 9.59 Å². The van der Waals surface area contributed by atoms with E-state index < -0.39 is 12.1 Å². The largest absolute Gasteiger partial charge is 0.466 e. The molecular formula is C59H115NO5. The zero-order chi connectivity index (χ0) is 47.2. The average molecular weight is 919 g/mol. The highest BCUT2D eigenvalue weighted by Gasteiger charge is 2.18. The number of ether oxygens (including phenoxy) is 1. The molecule has 1 amide bonds. The first-order valence-electron chi connectivity index (χ1n) is 29.5. The molecule has 0 saturated carbocycles. The number of aliphatic hydroxyl groups is 2. The summed E-state index contributed by atoms with van der Waals surface area (Å²) in [6, 6.07) is -0.630. The van der Waals surface area contributed by atoms with Gasteiger partial charge in [0.05, 0.1) is 25.4 Å². The summed E-state index contributed by atoms with van der Waals surface area (Å²) in [6.45, 7) is 4.91. The minimum Gasteiger partial charge on any atom is -0.466 e. The number of amides is 1. The van der Waals surface area contributed by atoms with Crippen molar-refractivity contribution in [2.75, 3.05) is 13.2 Å². The summed E-state index contributed by atoms with van der Waals surface area (Å²) in [5.74, 6) is -0.0629. The third-order valence-electron chi connectivity index (χ3n) is 13.8. The van der Waals surface area contributed by atoms with Crippen LogP contribution in [-0.4, -0.2) is 47.4 Å². The molecule has 0 aliphatic carbocycles. The van der Waals surface area contributed by atoms with Crippen molar-refractivity contribution in [2.45, 2.75) is 341 Å². The second-order valence-corrected chi connectivity index (χ2v) is 20.3. The molecule has 0 aromatic heterocycles. The summed E-state index contributed by atoms with van der Waals surface area (Å²) in [4.78, 5) is 24.5. The van der Waals surface area contributed by atoms with Crippen molar-refractivity contribution >= 4 is 11.9 Å². The minimum absolute atomic E-state index is 0.00958. The van der Waals surface area contributed by atoms with Crippen LogP contribution in [0.15, 0.2) is 12.2 Å². The van der Waals surface area contributed by atoms with E-state index in [1.807, 2.05) is 6.08 Å². The molecule has 0 aromatic rings. The Morgan fingerprint density at radius 1 is 0.415 bits per heavy atom. The first-order chi connectivity index (χ1) is 32.0. The lowest BCUT2D eigenvalue weighted by molar-refractivity contribution is -0.143. The van der Waals surface area contributed by atoms with E-state index >= 15 is 0 Å². The number of esters is 1. The summed E-state index contributed by atoms with van der Waals surface area (Å²) in [7, 11) is 0. The molecule has 0 radical (unpaired) electrons. The molecule has 6 nitrogen and oxygen atoms in total. The van der Waals surface area contributed by atoms with Gasteiger partial charge in [-0.05, 0) is 32.1 Å². The van der Waals surface area contributed by atoms with E-state index in [0.29, 0.717) is 19.4 Å². The highest BCUT2D eigenvalue weighted by molar-refractivity contribution is 5.76. The summed E-state index contributed by atoms with van der Waals surface area (Å²) in [5.41, 5.74) is 0. The molecule has 0 heterocycles. The number of rotatable bonds is 55. The summed E-state index contributed by atoms with van der Waals surface area (Å²) in [6.07, 6.45) is 65.2. The number of hydrogen-bond acceptors (Lipinski definition) is 5. The van der Waals surface area contributed by atoms with E-state index in [9.17, 15) is 19.8 Å². The predicted molar refractivity (Wildman–Crippen MR) is 283 cm³/mol. The molecule has 0 aromatic carbocycles. The summed E-state index contributed by atoms with van der Waals surface area (Å²) in [5, 5.41) is 23.0. The van der Waals surface area contributed by atoms with Gasteiger partial charge >= 0.3 is 5.97 Å². The van der Waals surface area contributed by atoms with Gasteiger partial charge in [0.2, 0.25) is 5.91 Å². The molecule has 3 N–H and O–H groups in total. The number of aliphatic hydroxyl groups excluding tert-OH is 2. The highest BCUT2D eigenvalue weighted by atomic mass is 16.5. The van der Waals surface area contributed by atoms with Crippen molar-refractivity contribution in [1.82, 2.24) is 5.32 Å². The lowest BCUT2D eigenvalue weighted by atomic mass is 10.0. The van der Waals surface area contributed by atoms with Crippen LogP contribution in [0, 0.1) is 0 Å². The maximum Gasteiger partial charge on any atom is 0.305 e. The quantitative estimate of drug-likeness (QED) is 0.0321. The Morgan fingerprint density at radius 2 is 0.708 bits per heavy atom. The van der Waals surface area contributed by atoms with Crippen molar-refractivity contribution in [1.29, 1.82) is 0 Å². The summed E-state index contributed by atoms with van der Waals surface area (Å²) >= 11 is 0. The fourth-order valence-electron chi connectivity index (χ4n) is 9.28. The maximum atomic E-state index is 12.4. The third-order valence-corrected chi connectivity index (χ3v) is 13.8.